The predicted octanol–water partition coefficient (Wildman–Crippen LogP) is 1.39. The van der Waals surface area contributed by atoms with Crippen LogP contribution in [0.5, 0.6) is 0 Å². The Labute approximate surface area is 73.9 Å². The van der Waals surface area contributed by atoms with Crippen molar-refractivity contribution in [3.05, 3.63) is 42.0 Å². The normalized spacial score (nSPS) is 11.1. The molecule has 0 heterocycles. The maximum absolute atomic E-state index is 10.1. The van der Waals surface area contributed by atoms with Crippen molar-refractivity contribution in [3.8, 4) is 0 Å². The number of hydrogen-bond donors (Lipinski definition) is 0. The van der Waals surface area contributed by atoms with E-state index in [2.05, 4.69) is 16.0 Å². The third-order valence-electron chi connectivity index (χ3n) is 1.28. The summed E-state index contributed by atoms with van der Waals surface area (Å²) >= 11 is 2.82. The van der Waals surface area contributed by atoms with E-state index in [0.717, 1.165) is 16.3 Å². The fourth-order valence-corrected chi connectivity index (χ4v) is 1.16. The van der Waals surface area contributed by atoms with Gasteiger partial charge in [0, 0.05) is 0 Å². The molecule has 0 aliphatic carbocycles. The molecule has 0 atom stereocenters. The van der Waals surface area contributed by atoms with Gasteiger partial charge in [-0.25, -0.2) is 0 Å². The second-order valence-corrected chi connectivity index (χ2v) is 2.96. The molecule has 0 aliphatic heterocycles. The van der Waals surface area contributed by atoms with E-state index in [-0.39, 0.29) is 0 Å². The molecule has 0 saturated heterocycles. The van der Waals surface area contributed by atoms with Gasteiger partial charge in [0.2, 0.25) is 0 Å². The van der Waals surface area contributed by atoms with E-state index in [9.17, 15) is 4.79 Å². The molecule has 2 heteroatoms. The maximum atomic E-state index is 10.1. The van der Waals surface area contributed by atoms with Crippen LogP contribution in [0.25, 0.3) is 4.47 Å². The molecule has 1 rings (SSSR count). The Morgan fingerprint density at radius 2 is 1.91 bits per heavy atom. The van der Waals surface area contributed by atoms with E-state index in [1.54, 1.807) is 0 Å². The molecule has 11 heavy (non-hydrogen) atoms. The SMILES string of the molecule is O=CC=C([Se])c1ccccc1. The van der Waals surface area contributed by atoms with Gasteiger partial charge >= 0.3 is 73.5 Å². The minimum absolute atomic E-state index is 0.777. The Morgan fingerprint density at radius 1 is 1.27 bits per heavy atom. The van der Waals surface area contributed by atoms with Crippen molar-refractivity contribution in [1.29, 1.82) is 0 Å². The summed E-state index contributed by atoms with van der Waals surface area (Å²) < 4.78 is 0.876. The average molecular weight is 210 g/mol. The van der Waals surface area contributed by atoms with E-state index in [4.69, 9.17) is 0 Å². The predicted molar refractivity (Wildman–Crippen MR) is 46.2 cm³/mol. The van der Waals surface area contributed by atoms with E-state index >= 15 is 0 Å². The quantitative estimate of drug-likeness (QED) is 0.409. The van der Waals surface area contributed by atoms with Crippen molar-refractivity contribution in [2.24, 2.45) is 0 Å². The van der Waals surface area contributed by atoms with Gasteiger partial charge in [-0.05, 0) is 0 Å². The Balaban J connectivity index is 2.94. The zero-order valence-corrected chi connectivity index (χ0v) is 7.57. The number of hydrogen-bond acceptors (Lipinski definition) is 1. The molecule has 0 unspecified atom stereocenters. The molecular weight excluding hydrogens is 203 g/mol. The number of rotatable bonds is 2. The topological polar surface area (TPSA) is 17.1 Å². The molecule has 55 valence electrons. The first-order valence-corrected chi connectivity index (χ1v) is 4.08. The van der Waals surface area contributed by atoms with Crippen LogP contribution in [0, 0.1) is 0 Å². The molecule has 0 bridgehead atoms. The summed E-state index contributed by atoms with van der Waals surface area (Å²) in [6.07, 6.45) is 2.29. The van der Waals surface area contributed by atoms with E-state index in [1.807, 2.05) is 30.3 Å². The van der Waals surface area contributed by atoms with Crippen LogP contribution in [0.2, 0.25) is 0 Å². The summed E-state index contributed by atoms with van der Waals surface area (Å²) in [6, 6.07) is 9.71. The molecule has 1 radical (unpaired) electrons. The van der Waals surface area contributed by atoms with Gasteiger partial charge in [0.05, 0.1) is 0 Å². The van der Waals surface area contributed by atoms with Crippen molar-refractivity contribution in [1.82, 2.24) is 0 Å². The Kier molecular flexibility index (Phi) is 3.09. The second-order valence-electron chi connectivity index (χ2n) is 2.03. The Bertz CT molecular complexity index is 264. The molecule has 0 N–H and O–H groups in total. The first-order chi connectivity index (χ1) is 5.34. The molecule has 0 aromatic heterocycles. The molecular formula is C9H7OSe. The Morgan fingerprint density at radius 3 is 2.45 bits per heavy atom. The van der Waals surface area contributed by atoms with Crippen LogP contribution in [-0.4, -0.2) is 22.3 Å². The van der Waals surface area contributed by atoms with Gasteiger partial charge in [0.15, 0.2) is 0 Å². The van der Waals surface area contributed by atoms with Gasteiger partial charge in [0.1, 0.15) is 0 Å². The standard InChI is InChI=1S/C9H7OSe/c10-7-6-9(11)8-4-2-1-3-5-8/h1-7H. The number of benzene rings is 1. The fourth-order valence-electron chi connectivity index (χ4n) is 0.760. The van der Waals surface area contributed by atoms with Crippen LogP contribution in [0.4, 0.5) is 0 Å². The minimum atomic E-state index is 0.777. The molecule has 0 saturated carbocycles. The van der Waals surface area contributed by atoms with E-state index < -0.39 is 0 Å². The number of allylic oxidation sites excluding steroid dienone is 1. The van der Waals surface area contributed by atoms with Crippen molar-refractivity contribution < 1.29 is 4.79 Å². The van der Waals surface area contributed by atoms with Crippen LogP contribution in [0.15, 0.2) is 36.4 Å². The number of carbonyl (C=O) groups is 1. The first kappa shape index (κ1) is 8.25. The van der Waals surface area contributed by atoms with E-state index in [1.165, 1.54) is 6.08 Å². The zero-order chi connectivity index (χ0) is 8.10. The monoisotopic (exact) mass is 211 g/mol. The summed E-state index contributed by atoms with van der Waals surface area (Å²) in [5, 5.41) is 0. The molecule has 0 fully saturated rings. The van der Waals surface area contributed by atoms with Gasteiger partial charge in [-0.3, -0.25) is 0 Å². The van der Waals surface area contributed by atoms with Crippen molar-refractivity contribution >= 4 is 26.8 Å². The van der Waals surface area contributed by atoms with Crippen LogP contribution in [-0.2, 0) is 4.79 Å². The summed E-state index contributed by atoms with van der Waals surface area (Å²) in [5.74, 6) is 0. The van der Waals surface area contributed by atoms with Gasteiger partial charge in [0.25, 0.3) is 0 Å². The molecule has 0 aliphatic rings. The number of aldehydes is 1. The fraction of sp³-hybridized carbons (Fsp3) is 0. The first-order valence-electron chi connectivity index (χ1n) is 3.22. The van der Waals surface area contributed by atoms with Crippen molar-refractivity contribution in [2.45, 2.75) is 0 Å². The van der Waals surface area contributed by atoms with Crippen molar-refractivity contribution in [3.63, 3.8) is 0 Å². The third kappa shape index (κ3) is 2.34. The van der Waals surface area contributed by atoms with Crippen LogP contribution in [0.1, 0.15) is 5.56 Å². The molecule has 0 spiro atoms. The molecule has 1 aromatic carbocycles. The molecule has 0 amide bonds. The number of carbonyl (C=O) groups excluding carboxylic acids is 1. The van der Waals surface area contributed by atoms with Crippen LogP contribution >= 0.6 is 0 Å². The van der Waals surface area contributed by atoms with Crippen molar-refractivity contribution in [2.75, 3.05) is 0 Å². The third-order valence-corrected chi connectivity index (χ3v) is 2.06. The van der Waals surface area contributed by atoms with Crippen LogP contribution < -0.4 is 0 Å². The summed E-state index contributed by atoms with van der Waals surface area (Å²) in [5.41, 5.74) is 1.04. The molecule has 1 aromatic rings. The van der Waals surface area contributed by atoms with E-state index in [0.29, 0.717) is 0 Å². The van der Waals surface area contributed by atoms with Crippen LogP contribution in [0.3, 0.4) is 0 Å². The van der Waals surface area contributed by atoms with Gasteiger partial charge in [-0.1, -0.05) is 0 Å². The average Bonchev–Trinajstić information content (AvgIpc) is 2.07. The summed E-state index contributed by atoms with van der Waals surface area (Å²) in [7, 11) is 0. The van der Waals surface area contributed by atoms with Gasteiger partial charge in [-0.15, -0.1) is 0 Å². The van der Waals surface area contributed by atoms with Gasteiger partial charge < -0.3 is 0 Å². The second kappa shape index (κ2) is 4.12. The zero-order valence-electron chi connectivity index (χ0n) is 5.86. The Hall–Kier alpha value is -0.851. The molecule has 1 nitrogen and oxygen atoms in total. The summed E-state index contributed by atoms with van der Waals surface area (Å²) in [4.78, 5) is 10.1. The summed E-state index contributed by atoms with van der Waals surface area (Å²) in [6.45, 7) is 0. The van der Waals surface area contributed by atoms with Gasteiger partial charge in [-0.2, -0.15) is 0 Å².